The maximum Gasteiger partial charge on any atom is 0.269 e. The van der Waals surface area contributed by atoms with Crippen LogP contribution in [0, 0.1) is 0 Å². The van der Waals surface area contributed by atoms with Gasteiger partial charge in [0.25, 0.3) is 5.56 Å². The van der Waals surface area contributed by atoms with Gasteiger partial charge in [-0.15, -0.1) is 0 Å². The highest BCUT2D eigenvalue weighted by atomic mass is 16.1. The Balaban J connectivity index is 1.30. The van der Waals surface area contributed by atoms with E-state index < -0.39 is 0 Å². The predicted octanol–water partition coefficient (Wildman–Crippen LogP) is 1.48. The van der Waals surface area contributed by atoms with Gasteiger partial charge < -0.3 is 14.2 Å². The van der Waals surface area contributed by atoms with Crippen molar-refractivity contribution in [2.45, 2.75) is 25.4 Å². The first-order valence-electron chi connectivity index (χ1n) is 10.8. The van der Waals surface area contributed by atoms with Crippen molar-refractivity contribution in [3.63, 3.8) is 0 Å². The minimum atomic E-state index is 0.00925. The number of aromatic nitrogens is 4. The molecule has 5 rings (SSSR count). The number of likely N-dealkylation sites (N-methyl/N-ethyl adjacent to an activating group) is 1. The van der Waals surface area contributed by atoms with Crippen LogP contribution in [-0.2, 0) is 6.54 Å². The largest absolute Gasteiger partial charge is 0.368 e. The maximum atomic E-state index is 12.9. The Morgan fingerprint density at radius 2 is 2.00 bits per heavy atom. The fourth-order valence-electron chi connectivity index (χ4n) is 4.66. The van der Waals surface area contributed by atoms with Crippen LogP contribution in [0.1, 0.15) is 24.6 Å². The summed E-state index contributed by atoms with van der Waals surface area (Å²) in [4.78, 5) is 24.3. The number of imidazole rings is 1. The summed E-state index contributed by atoms with van der Waals surface area (Å²) >= 11 is 0. The second-order valence-corrected chi connectivity index (χ2v) is 8.49. The standard InChI is InChI=1S/C22H29N7O/c1-25-10-12-27(13-11-25)20-14-22(30)29(24-15-20)19-5-3-8-26(17-19)16-18-4-2-6-21-23-7-9-28(18)21/h2,4,6-7,9,14-15,19H,3,5,8,10-13,16-17H2,1H3/t19-/m0/s1. The minimum absolute atomic E-state index is 0.00925. The molecule has 0 spiro atoms. The third kappa shape index (κ3) is 3.85. The Bertz CT molecular complexity index is 1070. The number of piperazine rings is 1. The van der Waals surface area contributed by atoms with Crippen molar-refractivity contribution >= 4 is 11.3 Å². The minimum Gasteiger partial charge on any atom is -0.368 e. The van der Waals surface area contributed by atoms with Crippen molar-refractivity contribution in [2.75, 3.05) is 51.2 Å². The summed E-state index contributed by atoms with van der Waals surface area (Å²) in [5, 5.41) is 4.59. The number of piperidine rings is 1. The van der Waals surface area contributed by atoms with Crippen LogP contribution in [0.2, 0.25) is 0 Å². The van der Waals surface area contributed by atoms with Crippen LogP contribution >= 0.6 is 0 Å². The van der Waals surface area contributed by atoms with E-state index in [4.69, 9.17) is 0 Å². The number of anilines is 1. The molecule has 0 N–H and O–H groups in total. The summed E-state index contributed by atoms with van der Waals surface area (Å²) in [7, 11) is 2.13. The Kier molecular flexibility index (Phi) is 5.26. The van der Waals surface area contributed by atoms with Gasteiger partial charge in [-0.3, -0.25) is 9.69 Å². The molecular formula is C22H29N7O. The molecule has 8 nitrogen and oxygen atoms in total. The van der Waals surface area contributed by atoms with Crippen LogP contribution in [0.25, 0.3) is 5.65 Å². The SMILES string of the molecule is CN1CCN(c2cnn([C@H]3CCCN(Cc4cccc5nccn45)C3)c(=O)c2)CC1. The molecule has 158 valence electrons. The maximum absolute atomic E-state index is 12.9. The van der Waals surface area contributed by atoms with Crippen molar-refractivity contribution < 1.29 is 0 Å². The quantitative estimate of drug-likeness (QED) is 0.653. The third-order valence-corrected chi connectivity index (χ3v) is 6.40. The predicted molar refractivity (Wildman–Crippen MR) is 117 cm³/mol. The first kappa shape index (κ1) is 19.3. The van der Waals surface area contributed by atoms with Crippen molar-refractivity contribution in [3.05, 3.63) is 58.9 Å². The average molecular weight is 408 g/mol. The zero-order chi connectivity index (χ0) is 20.5. The molecule has 0 amide bonds. The molecule has 0 aromatic carbocycles. The normalized spacial score (nSPS) is 21.4. The highest BCUT2D eigenvalue weighted by Crippen LogP contribution is 2.22. The van der Waals surface area contributed by atoms with E-state index in [1.54, 1.807) is 10.7 Å². The van der Waals surface area contributed by atoms with Crippen LogP contribution in [0.15, 0.2) is 47.7 Å². The molecular weight excluding hydrogens is 378 g/mol. The first-order chi connectivity index (χ1) is 14.7. The van der Waals surface area contributed by atoms with Gasteiger partial charge in [0.05, 0.1) is 17.9 Å². The lowest BCUT2D eigenvalue weighted by atomic mass is 10.1. The molecule has 0 bridgehead atoms. The topological polar surface area (TPSA) is 61.9 Å². The molecule has 8 heteroatoms. The zero-order valence-corrected chi connectivity index (χ0v) is 17.5. The number of hydrogen-bond donors (Lipinski definition) is 0. The smallest absolute Gasteiger partial charge is 0.269 e. The van der Waals surface area contributed by atoms with Crippen molar-refractivity contribution in [1.29, 1.82) is 0 Å². The van der Waals surface area contributed by atoms with Gasteiger partial charge in [-0.25, -0.2) is 9.67 Å². The summed E-state index contributed by atoms with van der Waals surface area (Å²) in [5.74, 6) is 0. The molecule has 5 heterocycles. The van der Waals surface area contributed by atoms with Gasteiger partial charge in [-0.05, 0) is 38.6 Å². The van der Waals surface area contributed by atoms with Gasteiger partial charge in [0.1, 0.15) is 5.65 Å². The number of nitrogens with zero attached hydrogens (tertiary/aromatic N) is 7. The fraction of sp³-hybridized carbons (Fsp3) is 0.500. The molecule has 1 atom stereocenters. The van der Waals surface area contributed by atoms with E-state index in [0.29, 0.717) is 0 Å². The lowest BCUT2D eigenvalue weighted by Gasteiger charge is -2.35. The number of hydrogen-bond acceptors (Lipinski definition) is 6. The van der Waals surface area contributed by atoms with Gasteiger partial charge in [0, 0.05) is 63.4 Å². The summed E-state index contributed by atoms with van der Waals surface area (Å²) in [6.07, 6.45) is 7.78. The van der Waals surface area contributed by atoms with E-state index >= 15 is 0 Å². The van der Waals surface area contributed by atoms with Gasteiger partial charge in [0.2, 0.25) is 0 Å². The first-order valence-corrected chi connectivity index (χ1v) is 10.8. The van der Waals surface area contributed by atoms with Crippen molar-refractivity contribution in [3.8, 4) is 0 Å². The summed E-state index contributed by atoms with van der Waals surface area (Å²) in [6.45, 7) is 6.64. The van der Waals surface area contributed by atoms with Gasteiger partial charge >= 0.3 is 0 Å². The molecule has 2 fully saturated rings. The van der Waals surface area contributed by atoms with Crippen LogP contribution < -0.4 is 10.5 Å². The molecule has 3 aromatic heterocycles. The second-order valence-electron chi connectivity index (χ2n) is 8.49. The van der Waals surface area contributed by atoms with E-state index in [9.17, 15) is 4.79 Å². The lowest BCUT2D eigenvalue weighted by molar-refractivity contribution is 0.158. The van der Waals surface area contributed by atoms with Crippen molar-refractivity contribution in [1.82, 2.24) is 29.0 Å². The average Bonchev–Trinajstić information content (AvgIpc) is 3.24. The summed E-state index contributed by atoms with van der Waals surface area (Å²) in [6, 6.07) is 8.11. The number of likely N-dealkylation sites (tertiary alicyclic amines) is 1. The van der Waals surface area contributed by atoms with Gasteiger partial charge in [-0.2, -0.15) is 5.10 Å². The molecule has 30 heavy (non-hydrogen) atoms. The summed E-state index contributed by atoms with van der Waals surface area (Å²) < 4.78 is 3.84. The van der Waals surface area contributed by atoms with E-state index in [1.807, 2.05) is 24.7 Å². The molecule has 2 aliphatic rings. The van der Waals surface area contributed by atoms with Gasteiger partial charge in [0.15, 0.2) is 0 Å². The fourth-order valence-corrected chi connectivity index (χ4v) is 4.66. The lowest BCUT2D eigenvalue weighted by Crippen LogP contribution is -2.45. The van der Waals surface area contributed by atoms with Crippen LogP contribution in [-0.4, -0.2) is 75.3 Å². The molecule has 0 saturated carbocycles. The number of rotatable bonds is 4. The number of pyridine rings is 1. The van der Waals surface area contributed by atoms with Gasteiger partial charge in [-0.1, -0.05) is 6.07 Å². The molecule has 0 radical (unpaired) electrons. The van der Waals surface area contributed by atoms with E-state index in [2.05, 4.69) is 48.4 Å². The van der Waals surface area contributed by atoms with Crippen LogP contribution in [0.5, 0.6) is 0 Å². The molecule has 0 unspecified atom stereocenters. The zero-order valence-electron chi connectivity index (χ0n) is 17.5. The molecule has 0 aliphatic carbocycles. The Hall–Kier alpha value is -2.71. The molecule has 3 aromatic rings. The Morgan fingerprint density at radius 3 is 2.83 bits per heavy atom. The van der Waals surface area contributed by atoms with Crippen LogP contribution in [0.3, 0.4) is 0 Å². The molecule has 2 aliphatic heterocycles. The van der Waals surface area contributed by atoms with Crippen LogP contribution in [0.4, 0.5) is 5.69 Å². The second kappa shape index (κ2) is 8.20. The molecule has 2 saturated heterocycles. The third-order valence-electron chi connectivity index (χ3n) is 6.40. The monoisotopic (exact) mass is 407 g/mol. The Labute approximate surface area is 176 Å². The van der Waals surface area contributed by atoms with E-state index in [0.717, 1.165) is 70.0 Å². The number of fused-ring (bicyclic) bond motifs is 1. The Morgan fingerprint density at radius 1 is 1.13 bits per heavy atom. The highest BCUT2D eigenvalue weighted by Gasteiger charge is 2.24. The van der Waals surface area contributed by atoms with E-state index in [-0.39, 0.29) is 11.6 Å². The highest BCUT2D eigenvalue weighted by molar-refractivity contribution is 5.43. The van der Waals surface area contributed by atoms with Crippen molar-refractivity contribution in [2.24, 2.45) is 0 Å². The van der Waals surface area contributed by atoms with E-state index in [1.165, 1.54) is 5.69 Å². The summed E-state index contributed by atoms with van der Waals surface area (Å²) in [5.41, 5.74) is 3.15.